The van der Waals surface area contributed by atoms with Crippen molar-refractivity contribution in [2.45, 2.75) is 6.42 Å². The highest BCUT2D eigenvalue weighted by molar-refractivity contribution is 6.02. The first-order chi connectivity index (χ1) is 9.16. The van der Waals surface area contributed by atoms with Gasteiger partial charge in [0.05, 0.1) is 29.4 Å². The first-order valence-electron chi connectivity index (χ1n) is 5.89. The molecule has 0 amide bonds. The van der Waals surface area contributed by atoms with Crippen molar-refractivity contribution >= 4 is 22.5 Å². The van der Waals surface area contributed by atoms with Gasteiger partial charge in [0.2, 0.25) is 0 Å². The van der Waals surface area contributed by atoms with E-state index in [-0.39, 0.29) is 12.2 Å². The van der Waals surface area contributed by atoms with Gasteiger partial charge in [-0.25, -0.2) is 0 Å². The number of carbonyl (C=O) groups excluding carboxylic acids is 1. The number of carbonyl (C=O) groups is 1. The smallest absolute Gasteiger partial charge is 0.174 e. The summed E-state index contributed by atoms with van der Waals surface area (Å²) >= 11 is 0. The molecule has 96 valence electrons. The van der Waals surface area contributed by atoms with Crippen molar-refractivity contribution < 1.29 is 4.79 Å². The Balaban J connectivity index is 1.98. The minimum atomic E-state index is -0.0879. The van der Waals surface area contributed by atoms with E-state index in [1.807, 2.05) is 31.3 Å². The lowest BCUT2D eigenvalue weighted by Gasteiger charge is -1.97. The number of hydrogen-bond donors (Lipinski definition) is 2. The Kier molecular flexibility index (Phi) is 2.56. The quantitative estimate of drug-likeness (QED) is 0.690. The maximum Gasteiger partial charge on any atom is 0.174 e. The van der Waals surface area contributed by atoms with Crippen molar-refractivity contribution in [3.8, 4) is 0 Å². The number of nitrogens with one attached hydrogen (secondary N) is 1. The predicted molar refractivity (Wildman–Crippen MR) is 71.7 cm³/mol. The summed E-state index contributed by atoms with van der Waals surface area (Å²) < 4.78 is 1.77. The Morgan fingerprint density at radius 1 is 1.42 bits per heavy atom. The van der Waals surface area contributed by atoms with Gasteiger partial charge in [-0.1, -0.05) is 18.2 Å². The van der Waals surface area contributed by atoms with Gasteiger partial charge < -0.3 is 5.73 Å². The number of aromatic amines is 1. The van der Waals surface area contributed by atoms with Crippen molar-refractivity contribution in [1.29, 1.82) is 0 Å². The summed E-state index contributed by atoms with van der Waals surface area (Å²) in [5.41, 5.74) is 7.82. The van der Waals surface area contributed by atoms with Gasteiger partial charge >= 0.3 is 0 Å². The molecule has 0 aliphatic rings. The lowest BCUT2D eigenvalue weighted by atomic mass is 10.1. The monoisotopic (exact) mass is 255 g/mol. The molecule has 0 saturated carbocycles. The zero-order valence-corrected chi connectivity index (χ0v) is 10.4. The molecule has 0 fully saturated rings. The molecule has 19 heavy (non-hydrogen) atoms. The fourth-order valence-corrected chi connectivity index (χ4v) is 2.18. The Morgan fingerprint density at radius 3 is 2.95 bits per heavy atom. The molecule has 0 radical (unpaired) electrons. The van der Waals surface area contributed by atoms with E-state index in [9.17, 15) is 4.79 Å². The summed E-state index contributed by atoms with van der Waals surface area (Å²) in [4.78, 5) is 12.2. The molecule has 6 heteroatoms. The van der Waals surface area contributed by atoms with Crippen LogP contribution in [0.25, 0.3) is 10.9 Å². The van der Waals surface area contributed by atoms with Crippen LogP contribution in [-0.4, -0.2) is 25.8 Å². The Morgan fingerprint density at radius 2 is 2.21 bits per heavy atom. The highest BCUT2D eigenvalue weighted by Crippen LogP contribution is 2.19. The van der Waals surface area contributed by atoms with Gasteiger partial charge in [0.15, 0.2) is 5.78 Å². The molecule has 2 heterocycles. The van der Waals surface area contributed by atoms with E-state index in [2.05, 4.69) is 15.3 Å². The number of H-pyrrole nitrogens is 1. The van der Waals surface area contributed by atoms with Gasteiger partial charge in [0.1, 0.15) is 5.82 Å². The van der Waals surface area contributed by atoms with Crippen molar-refractivity contribution in [3.63, 3.8) is 0 Å². The van der Waals surface area contributed by atoms with Crippen molar-refractivity contribution in [2.75, 3.05) is 5.73 Å². The molecule has 0 unspecified atom stereocenters. The Hall–Kier alpha value is -2.63. The number of fused-ring (bicyclic) bond motifs is 1. The van der Waals surface area contributed by atoms with Crippen LogP contribution in [-0.2, 0) is 13.5 Å². The summed E-state index contributed by atoms with van der Waals surface area (Å²) in [6, 6.07) is 7.82. The topological polar surface area (TPSA) is 89.6 Å². The number of ketones is 1. The first-order valence-corrected chi connectivity index (χ1v) is 5.89. The van der Waals surface area contributed by atoms with Crippen LogP contribution < -0.4 is 5.73 Å². The molecule has 0 aliphatic heterocycles. The van der Waals surface area contributed by atoms with Crippen molar-refractivity contribution in [2.24, 2.45) is 7.05 Å². The zero-order chi connectivity index (χ0) is 13.4. The van der Waals surface area contributed by atoms with E-state index in [1.54, 1.807) is 4.68 Å². The van der Waals surface area contributed by atoms with E-state index in [0.29, 0.717) is 11.4 Å². The number of rotatable bonds is 3. The molecule has 0 bridgehead atoms. The summed E-state index contributed by atoms with van der Waals surface area (Å²) in [7, 11) is 1.86. The van der Waals surface area contributed by atoms with Crippen molar-refractivity contribution in [3.05, 3.63) is 41.7 Å². The molecule has 1 aromatic carbocycles. The van der Waals surface area contributed by atoms with Crippen LogP contribution in [0.2, 0.25) is 0 Å². The number of hydrogen-bond acceptors (Lipinski definition) is 4. The van der Waals surface area contributed by atoms with E-state index in [1.165, 1.54) is 6.20 Å². The summed E-state index contributed by atoms with van der Waals surface area (Å²) in [6.07, 6.45) is 1.66. The van der Waals surface area contributed by atoms with Gasteiger partial charge in [-0.05, 0) is 6.07 Å². The first kappa shape index (κ1) is 11.5. The molecule has 3 N–H and O–H groups in total. The zero-order valence-electron chi connectivity index (χ0n) is 10.4. The molecule has 6 nitrogen and oxygen atoms in total. The molecule has 0 spiro atoms. The lowest BCUT2D eigenvalue weighted by Crippen LogP contribution is -2.06. The number of nitrogen functional groups attached to an aromatic ring is 1. The van der Waals surface area contributed by atoms with E-state index in [0.717, 1.165) is 16.6 Å². The number of aryl methyl sites for hydroxylation is 1. The number of benzene rings is 1. The number of aromatic nitrogens is 4. The molecular weight excluding hydrogens is 242 g/mol. The largest absolute Gasteiger partial charge is 0.383 e. The average Bonchev–Trinajstić information content (AvgIpc) is 2.95. The minimum Gasteiger partial charge on any atom is -0.383 e. The second-order valence-corrected chi connectivity index (χ2v) is 4.38. The van der Waals surface area contributed by atoms with Crippen LogP contribution in [0.5, 0.6) is 0 Å². The summed E-state index contributed by atoms with van der Waals surface area (Å²) in [5.74, 6) is 0.209. The van der Waals surface area contributed by atoms with Crippen LogP contribution in [0.3, 0.4) is 0 Å². The van der Waals surface area contributed by atoms with E-state index >= 15 is 0 Å². The van der Waals surface area contributed by atoms with Gasteiger partial charge in [0, 0.05) is 12.4 Å². The third-order valence-corrected chi connectivity index (χ3v) is 3.13. The third kappa shape index (κ3) is 1.87. The van der Waals surface area contributed by atoms with Crippen LogP contribution in [0.1, 0.15) is 16.1 Å². The van der Waals surface area contributed by atoms with Crippen molar-refractivity contribution in [1.82, 2.24) is 20.0 Å². The number of para-hydroxylation sites is 1. The predicted octanol–water partition coefficient (Wildman–Crippen LogP) is 1.30. The second kappa shape index (κ2) is 4.24. The van der Waals surface area contributed by atoms with E-state index < -0.39 is 0 Å². The normalized spacial score (nSPS) is 11.0. The van der Waals surface area contributed by atoms with Crippen LogP contribution >= 0.6 is 0 Å². The number of anilines is 1. The molecular formula is C13H13N5O. The number of Topliss-reactive ketones (excluding diaryl/α,β-unsaturated/α-hetero) is 1. The highest BCUT2D eigenvalue weighted by Gasteiger charge is 2.16. The lowest BCUT2D eigenvalue weighted by molar-refractivity contribution is 0.0993. The molecule has 0 saturated heterocycles. The number of nitrogens with two attached hydrogens (primary N) is 1. The van der Waals surface area contributed by atoms with Crippen LogP contribution in [0, 0.1) is 0 Å². The molecule has 2 aromatic heterocycles. The highest BCUT2D eigenvalue weighted by atomic mass is 16.1. The fraction of sp³-hybridized carbons (Fsp3) is 0.154. The molecule has 3 rings (SSSR count). The SMILES string of the molecule is Cn1nc(CC(=O)c2cn[nH]c2N)c2ccccc21. The maximum absolute atomic E-state index is 12.2. The summed E-state index contributed by atoms with van der Waals surface area (Å²) in [6.45, 7) is 0. The molecule has 0 atom stereocenters. The molecule has 0 aliphatic carbocycles. The minimum absolute atomic E-state index is 0.0879. The maximum atomic E-state index is 12.2. The van der Waals surface area contributed by atoms with Gasteiger partial charge in [-0.15, -0.1) is 0 Å². The van der Waals surface area contributed by atoms with E-state index in [4.69, 9.17) is 5.73 Å². The third-order valence-electron chi connectivity index (χ3n) is 3.13. The Bertz CT molecular complexity index is 755. The second-order valence-electron chi connectivity index (χ2n) is 4.38. The average molecular weight is 255 g/mol. The van der Waals surface area contributed by atoms with Crippen LogP contribution in [0.15, 0.2) is 30.5 Å². The van der Waals surface area contributed by atoms with Gasteiger partial charge in [-0.3, -0.25) is 14.6 Å². The number of nitrogens with zero attached hydrogens (tertiary/aromatic N) is 3. The standard InChI is InChI=1S/C13H13N5O/c1-18-11-5-3-2-4-8(11)10(17-18)6-12(19)9-7-15-16-13(9)14/h2-5,7H,6H2,1H3,(H3,14,15,16). The van der Waals surface area contributed by atoms with Gasteiger partial charge in [0.25, 0.3) is 0 Å². The van der Waals surface area contributed by atoms with Crippen LogP contribution in [0.4, 0.5) is 5.82 Å². The van der Waals surface area contributed by atoms with Gasteiger partial charge in [-0.2, -0.15) is 10.2 Å². The molecule has 3 aromatic rings. The fourth-order valence-electron chi connectivity index (χ4n) is 2.18. The summed E-state index contributed by atoms with van der Waals surface area (Å²) in [5, 5.41) is 11.7. The Labute approximate surface area is 109 Å².